The van der Waals surface area contributed by atoms with E-state index in [2.05, 4.69) is 30.6 Å². The second-order valence-electron chi connectivity index (χ2n) is 5.30. The lowest BCUT2D eigenvalue weighted by atomic mass is 10.2. The number of pyridine rings is 1. The normalized spacial score (nSPS) is 13.7. The molecule has 1 amide bonds. The van der Waals surface area contributed by atoms with E-state index in [1.54, 1.807) is 12.1 Å². The van der Waals surface area contributed by atoms with Gasteiger partial charge in [-0.15, -0.1) is 0 Å². The highest BCUT2D eigenvalue weighted by molar-refractivity contribution is 5.98. The summed E-state index contributed by atoms with van der Waals surface area (Å²) in [6, 6.07) is 3.27. The molecule has 2 aromatic rings. The number of amides is 1. The van der Waals surface area contributed by atoms with Crippen LogP contribution in [0.5, 0.6) is 0 Å². The number of nitrogens with zero attached hydrogens (tertiary/aromatic N) is 4. The van der Waals surface area contributed by atoms with Gasteiger partial charge in [0.2, 0.25) is 0 Å². The van der Waals surface area contributed by atoms with Crippen LogP contribution in [0.25, 0.3) is 0 Å². The van der Waals surface area contributed by atoms with Crippen molar-refractivity contribution in [2.24, 2.45) is 10.7 Å². The lowest BCUT2D eigenvalue weighted by Gasteiger charge is -2.13. The third-order valence-electron chi connectivity index (χ3n) is 3.43. The van der Waals surface area contributed by atoms with E-state index >= 15 is 0 Å². The number of allylic oxidation sites excluding steroid dienone is 1. The number of carbonyl (C=O) groups is 1. The van der Waals surface area contributed by atoms with Crippen molar-refractivity contribution in [2.45, 2.75) is 19.8 Å². The van der Waals surface area contributed by atoms with Gasteiger partial charge in [-0.2, -0.15) is 0 Å². The number of nitrogens with two attached hydrogens (primary N) is 1. The van der Waals surface area contributed by atoms with E-state index in [0.29, 0.717) is 22.9 Å². The molecule has 1 aliphatic rings. The van der Waals surface area contributed by atoms with Gasteiger partial charge in [-0.05, 0) is 31.9 Å². The summed E-state index contributed by atoms with van der Waals surface area (Å²) >= 11 is 0. The van der Waals surface area contributed by atoms with Gasteiger partial charge < -0.3 is 16.4 Å². The first-order chi connectivity index (χ1) is 11.6. The fraction of sp³-hybridized carbons (Fsp3) is 0.188. The molecule has 122 valence electrons. The van der Waals surface area contributed by atoms with Crippen LogP contribution < -0.4 is 16.4 Å². The van der Waals surface area contributed by atoms with Crippen molar-refractivity contribution >= 4 is 28.9 Å². The zero-order valence-electron chi connectivity index (χ0n) is 13.2. The molecule has 0 saturated carbocycles. The summed E-state index contributed by atoms with van der Waals surface area (Å²) in [6.45, 7) is 2.00. The minimum atomic E-state index is -0.538. The van der Waals surface area contributed by atoms with E-state index in [9.17, 15) is 4.79 Å². The van der Waals surface area contributed by atoms with E-state index in [1.807, 2.05) is 13.0 Å². The van der Waals surface area contributed by atoms with Crippen molar-refractivity contribution < 1.29 is 4.79 Å². The predicted molar refractivity (Wildman–Crippen MR) is 92.1 cm³/mol. The highest BCUT2D eigenvalue weighted by atomic mass is 16.1. The average molecular weight is 323 g/mol. The minimum absolute atomic E-state index is 0.341. The third-order valence-corrected chi connectivity index (χ3v) is 3.43. The Morgan fingerprint density at radius 3 is 2.79 bits per heavy atom. The van der Waals surface area contributed by atoms with Crippen molar-refractivity contribution in [3.63, 3.8) is 0 Å². The fourth-order valence-corrected chi connectivity index (χ4v) is 2.28. The van der Waals surface area contributed by atoms with Gasteiger partial charge in [0, 0.05) is 18.0 Å². The summed E-state index contributed by atoms with van der Waals surface area (Å²) in [5, 5.41) is 6.18. The lowest BCUT2D eigenvalue weighted by Crippen LogP contribution is -2.13. The molecular formula is C16H17N7O. The van der Waals surface area contributed by atoms with E-state index in [1.165, 1.54) is 18.7 Å². The summed E-state index contributed by atoms with van der Waals surface area (Å²) in [5.41, 5.74) is 7.27. The Morgan fingerprint density at radius 2 is 2.04 bits per heavy atom. The van der Waals surface area contributed by atoms with Gasteiger partial charge >= 0.3 is 0 Å². The maximum atomic E-state index is 11.5. The summed E-state index contributed by atoms with van der Waals surface area (Å²) in [6.07, 6.45) is 8.39. The highest BCUT2D eigenvalue weighted by Crippen LogP contribution is 2.20. The number of anilines is 3. The van der Waals surface area contributed by atoms with Crippen LogP contribution in [0.3, 0.4) is 0 Å². The number of primary amides is 1. The molecule has 3 rings (SSSR count). The molecule has 8 heteroatoms. The molecule has 0 aliphatic carbocycles. The second kappa shape index (κ2) is 6.86. The molecule has 0 bridgehead atoms. The molecule has 0 unspecified atom stereocenters. The lowest BCUT2D eigenvalue weighted by molar-refractivity contribution is 0.100. The van der Waals surface area contributed by atoms with Gasteiger partial charge in [-0.25, -0.2) is 15.0 Å². The molecule has 0 radical (unpaired) electrons. The Morgan fingerprint density at radius 1 is 1.25 bits per heavy atom. The number of carbonyl (C=O) groups excluding carboxylic acids is 1. The first kappa shape index (κ1) is 15.6. The van der Waals surface area contributed by atoms with Gasteiger partial charge in [0.1, 0.15) is 23.8 Å². The zero-order chi connectivity index (χ0) is 16.9. The molecule has 1 aliphatic heterocycles. The fourth-order valence-electron chi connectivity index (χ4n) is 2.28. The molecular weight excluding hydrogens is 306 g/mol. The van der Waals surface area contributed by atoms with E-state index in [0.717, 1.165) is 24.4 Å². The number of nitrogens with one attached hydrogen (secondary N) is 2. The van der Waals surface area contributed by atoms with Gasteiger partial charge in [-0.3, -0.25) is 9.78 Å². The molecule has 0 saturated heterocycles. The zero-order valence-corrected chi connectivity index (χ0v) is 13.2. The van der Waals surface area contributed by atoms with E-state index in [-0.39, 0.29) is 0 Å². The molecule has 3 heterocycles. The van der Waals surface area contributed by atoms with Crippen LogP contribution in [0.15, 0.2) is 47.7 Å². The Bertz CT molecular complexity index is 829. The summed E-state index contributed by atoms with van der Waals surface area (Å²) in [7, 11) is 0. The van der Waals surface area contributed by atoms with E-state index < -0.39 is 5.91 Å². The number of hydrogen-bond acceptors (Lipinski definition) is 7. The summed E-state index contributed by atoms with van der Waals surface area (Å²) < 4.78 is 0. The SMILES string of the molecule is CC1=NC(Nc2cc(Nc3cnccc3C(N)=O)ncn2)=CCC1. The number of aliphatic imine (C=N–C) groups is 1. The van der Waals surface area contributed by atoms with Crippen LogP contribution in [-0.4, -0.2) is 26.6 Å². The van der Waals surface area contributed by atoms with Crippen molar-refractivity contribution in [2.75, 3.05) is 10.6 Å². The Kier molecular flexibility index (Phi) is 4.46. The minimum Gasteiger partial charge on any atom is -0.366 e. The predicted octanol–water partition coefficient (Wildman–Crippen LogP) is 2.22. The van der Waals surface area contributed by atoms with Gasteiger partial charge in [0.05, 0.1) is 17.4 Å². The van der Waals surface area contributed by atoms with E-state index in [4.69, 9.17) is 5.73 Å². The van der Waals surface area contributed by atoms with Crippen LogP contribution >= 0.6 is 0 Å². The number of hydrogen-bond donors (Lipinski definition) is 3. The van der Waals surface area contributed by atoms with Crippen LogP contribution in [-0.2, 0) is 0 Å². The Balaban J connectivity index is 1.79. The summed E-state index contributed by atoms with van der Waals surface area (Å²) in [5.74, 6) is 1.34. The van der Waals surface area contributed by atoms with Crippen molar-refractivity contribution in [3.05, 3.63) is 48.3 Å². The maximum Gasteiger partial charge on any atom is 0.250 e. The monoisotopic (exact) mass is 323 g/mol. The smallest absolute Gasteiger partial charge is 0.250 e. The molecule has 8 nitrogen and oxygen atoms in total. The summed E-state index contributed by atoms with van der Waals surface area (Å²) in [4.78, 5) is 28.2. The first-order valence-corrected chi connectivity index (χ1v) is 7.46. The van der Waals surface area contributed by atoms with Crippen molar-refractivity contribution in [1.82, 2.24) is 15.0 Å². The number of aromatic nitrogens is 3. The Labute approximate surface area is 139 Å². The van der Waals surface area contributed by atoms with Crippen LogP contribution in [0.4, 0.5) is 17.3 Å². The molecule has 0 atom stereocenters. The van der Waals surface area contributed by atoms with Crippen molar-refractivity contribution in [3.8, 4) is 0 Å². The highest BCUT2D eigenvalue weighted by Gasteiger charge is 2.10. The molecule has 0 spiro atoms. The third kappa shape index (κ3) is 3.72. The first-order valence-electron chi connectivity index (χ1n) is 7.46. The second-order valence-corrected chi connectivity index (χ2v) is 5.30. The molecule has 24 heavy (non-hydrogen) atoms. The maximum absolute atomic E-state index is 11.5. The molecule has 0 aromatic carbocycles. The van der Waals surface area contributed by atoms with Crippen LogP contribution in [0.1, 0.15) is 30.1 Å². The molecule has 4 N–H and O–H groups in total. The standard InChI is InChI=1S/C16H17N7O/c1-10-3-2-4-13(21-10)23-15-7-14(19-9-20-15)22-12-8-18-6-5-11(12)16(17)24/h4-9H,2-3H2,1H3,(H2,17,24)(H2,19,20,22,23). The molecule has 2 aromatic heterocycles. The van der Waals surface area contributed by atoms with Crippen LogP contribution in [0, 0.1) is 0 Å². The number of rotatable bonds is 5. The van der Waals surface area contributed by atoms with Gasteiger partial charge in [0.15, 0.2) is 0 Å². The average Bonchev–Trinajstić information content (AvgIpc) is 2.55. The largest absolute Gasteiger partial charge is 0.366 e. The Hall–Kier alpha value is -3.29. The topological polar surface area (TPSA) is 118 Å². The van der Waals surface area contributed by atoms with Gasteiger partial charge in [0.25, 0.3) is 5.91 Å². The molecule has 0 fully saturated rings. The quantitative estimate of drug-likeness (QED) is 0.776. The van der Waals surface area contributed by atoms with Crippen LogP contribution in [0.2, 0.25) is 0 Å². The van der Waals surface area contributed by atoms with Gasteiger partial charge in [-0.1, -0.05) is 0 Å². The van der Waals surface area contributed by atoms with Crippen molar-refractivity contribution in [1.29, 1.82) is 0 Å².